The van der Waals surface area contributed by atoms with Crippen molar-refractivity contribution in [2.24, 2.45) is 13.0 Å². The third kappa shape index (κ3) is 3.60. The van der Waals surface area contributed by atoms with Crippen LogP contribution >= 0.6 is 0 Å². The highest BCUT2D eigenvalue weighted by atomic mass is 19.1. The van der Waals surface area contributed by atoms with Gasteiger partial charge in [0.15, 0.2) is 0 Å². The van der Waals surface area contributed by atoms with Gasteiger partial charge < -0.3 is 9.88 Å². The lowest BCUT2D eigenvalue weighted by atomic mass is 10.0. The molecule has 23 heavy (non-hydrogen) atoms. The first-order valence-corrected chi connectivity index (χ1v) is 8.16. The molecule has 1 amide bonds. The molecule has 0 radical (unpaired) electrons. The van der Waals surface area contributed by atoms with Gasteiger partial charge in [-0.15, -0.1) is 0 Å². The summed E-state index contributed by atoms with van der Waals surface area (Å²) in [6.07, 6.45) is 8.59. The fraction of sp³-hybridized carbons (Fsp3) is 0.444. The Morgan fingerprint density at radius 2 is 2.13 bits per heavy atom. The molecule has 4 nitrogen and oxygen atoms in total. The number of benzene rings is 1. The number of carbonyl (C=O) groups is 1. The van der Waals surface area contributed by atoms with E-state index in [1.165, 1.54) is 18.9 Å². The molecule has 0 aliphatic heterocycles. The zero-order valence-electron chi connectivity index (χ0n) is 13.3. The Bertz CT molecular complexity index is 676. The van der Waals surface area contributed by atoms with Crippen LogP contribution in [-0.2, 0) is 11.8 Å². The molecule has 0 bridgehead atoms. The number of aromatic nitrogens is 2. The molecule has 0 unspecified atom stereocenters. The molecule has 3 rings (SSSR count). The molecule has 1 aliphatic carbocycles. The summed E-state index contributed by atoms with van der Waals surface area (Å²) in [7, 11) is 1.85. The monoisotopic (exact) mass is 315 g/mol. The van der Waals surface area contributed by atoms with E-state index < -0.39 is 6.04 Å². The predicted molar refractivity (Wildman–Crippen MR) is 86.2 cm³/mol. The van der Waals surface area contributed by atoms with E-state index in [-0.39, 0.29) is 11.7 Å². The van der Waals surface area contributed by atoms with Gasteiger partial charge >= 0.3 is 0 Å². The minimum atomic E-state index is -0.565. The molecule has 1 atom stereocenters. The second kappa shape index (κ2) is 6.94. The number of nitrogens with one attached hydrogen (secondary N) is 1. The van der Waals surface area contributed by atoms with Gasteiger partial charge in [0.25, 0.3) is 0 Å². The van der Waals surface area contributed by atoms with E-state index in [1.54, 1.807) is 30.6 Å². The number of imidazole rings is 1. The van der Waals surface area contributed by atoms with Crippen LogP contribution in [0.3, 0.4) is 0 Å². The van der Waals surface area contributed by atoms with Crippen LogP contribution in [0.15, 0.2) is 36.7 Å². The number of halogens is 1. The van der Waals surface area contributed by atoms with Crippen molar-refractivity contribution in [3.8, 4) is 0 Å². The third-order valence-electron chi connectivity index (χ3n) is 4.59. The SMILES string of the molecule is Cn1ccnc1[C@H](NC(=O)CC1CCCC1)c1ccccc1F. The van der Waals surface area contributed by atoms with E-state index in [0.717, 1.165) is 12.8 Å². The standard InChI is InChI=1S/C18H22FN3O/c1-22-11-10-20-18(22)17(14-8-4-5-9-15(14)19)21-16(23)12-13-6-2-3-7-13/h4-5,8-11,13,17H,2-3,6-7,12H2,1H3,(H,21,23)/t17-/m1/s1. The maximum Gasteiger partial charge on any atom is 0.221 e. The molecule has 1 aliphatic rings. The molecule has 1 fully saturated rings. The molecule has 1 aromatic heterocycles. The number of rotatable bonds is 5. The Morgan fingerprint density at radius 1 is 1.39 bits per heavy atom. The molecule has 1 N–H and O–H groups in total. The fourth-order valence-corrected chi connectivity index (χ4v) is 3.34. The molecular weight excluding hydrogens is 293 g/mol. The van der Waals surface area contributed by atoms with Crippen LogP contribution in [0, 0.1) is 11.7 Å². The van der Waals surface area contributed by atoms with Gasteiger partial charge in [0.05, 0.1) is 0 Å². The highest BCUT2D eigenvalue weighted by molar-refractivity contribution is 5.77. The van der Waals surface area contributed by atoms with Gasteiger partial charge in [0.1, 0.15) is 17.7 Å². The smallest absolute Gasteiger partial charge is 0.221 e. The molecule has 1 aromatic carbocycles. The Balaban J connectivity index is 1.82. The van der Waals surface area contributed by atoms with E-state index in [1.807, 2.05) is 11.6 Å². The summed E-state index contributed by atoms with van der Waals surface area (Å²) in [5.74, 6) is 0.724. The molecular formula is C18H22FN3O. The van der Waals surface area contributed by atoms with Crippen molar-refractivity contribution in [1.82, 2.24) is 14.9 Å². The minimum Gasteiger partial charge on any atom is -0.342 e. The molecule has 1 saturated carbocycles. The lowest BCUT2D eigenvalue weighted by Crippen LogP contribution is -2.32. The number of hydrogen-bond acceptors (Lipinski definition) is 2. The van der Waals surface area contributed by atoms with E-state index >= 15 is 0 Å². The van der Waals surface area contributed by atoms with E-state index in [2.05, 4.69) is 10.3 Å². The van der Waals surface area contributed by atoms with Gasteiger partial charge in [-0.25, -0.2) is 9.37 Å². The van der Waals surface area contributed by atoms with Gasteiger partial charge in [-0.3, -0.25) is 4.79 Å². The van der Waals surface area contributed by atoms with Crippen molar-refractivity contribution < 1.29 is 9.18 Å². The topological polar surface area (TPSA) is 46.9 Å². The van der Waals surface area contributed by atoms with Gasteiger partial charge in [0.2, 0.25) is 5.91 Å². The highest BCUT2D eigenvalue weighted by Crippen LogP contribution is 2.28. The van der Waals surface area contributed by atoms with Crippen LogP contribution in [0.5, 0.6) is 0 Å². The Morgan fingerprint density at radius 3 is 2.78 bits per heavy atom. The van der Waals surface area contributed by atoms with Gasteiger partial charge in [-0.05, 0) is 24.8 Å². The summed E-state index contributed by atoms with van der Waals surface area (Å²) in [5, 5.41) is 2.98. The summed E-state index contributed by atoms with van der Waals surface area (Å²) in [5.41, 5.74) is 0.446. The van der Waals surface area contributed by atoms with Gasteiger partial charge in [-0.1, -0.05) is 31.0 Å². The molecule has 0 saturated heterocycles. The van der Waals surface area contributed by atoms with Crippen LogP contribution < -0.4 is 5.32 Å². The van der Waals surface area contributed by atoms with Crippen molar-refractivity contribution in [3.63, 3.8) is 0 Å². The van der Waals surface area contributed by atoms with Gasteiger partial charge in [-0.2, -0.15) is 0 Å². The molecule has 5 heteroatoms. The first-order chi connectivity index (χ1) is 11.1. The van der Waals surface area contributed by atoms with E-state index in [4.69, 9.17) is 0 Å². The average molecular weight is 315 g/mol. The zero-order valence-corrected chi connectivity index (χ0v) is 13.3. The molecule has 122 valence electrons. The van der Waals surface area contributed by atoms with Crippen molar-refractivity contribution in [1.29, 1.82) is 0 Å². The largest absolute Gasteiger partial charge is 0.342 e. The number of nitrogens with zero attached hydrogens (tertiary/aromatic N) is 2. The number of carbonyl (C=O) groups excluding carboxylic acids is 1. The first-order valence-electron chi connectivity index (χ1n) is 8.16. The number of hydrogen-bond donors (Lipinski definition) is 1. The van der Waals surface area contributed by atoms with Crippen LogP contribution in [0.4, 0.5) is 4.39 Å². The maximum atomic E-state index is 14.2. The van der Waals surface area contributed by atoms with E-state index in [0.29, 0.717) is 23.7 Å². The summed E-state index contributed by atoms with van der Waals surface area (Å²) < 4.78 is 16.0. The summed E-state index contributed by atoms with van der Waals surface area (Å²) in [6, 6.07) is 5.97. The molecule has 2 aromatic rings. The summed E-state index contributed by atoms with van der Waals surface area (Å²) in [6.45, 7) is 0. The Kier molecular flexibility index (Phi) is 4.74. The van der Waals surface area contributed by atoms with Crippen LogP contribution in [-0.4, -0.2) is 15.5 Å². The van der Waals surface area contributed by atoms with E-state index in [9.17, 15) is 9.18 Å². The second-order valence-electron chi connectivity index (χ2n) is 6.27. The summed E-state index contributed by atoms with van der Waals surface area (Å²) in [4.78, 5) is 16.7. The fourth-order valence-electron chi connectivity index (χ4n) is 3.34. The lowest BCUT2D eigenvalue weighted by Gasteiger charge is -2.20. The maximum absolute atomic E-state index is 14.2. The first kappa shape index (κ1) is 15.7. The number of amides is 1. The van der Waals surface area contributed by atoms with Crippen LogP contribution in [0.1, 0.15) is 49.5 Å². The van der Waals surface area contributed by atoms with Crippen LogP contribution in [0.2, 0.25) is 0 Å². The molecule has 1 heterocycles. The highest BCUT2D eigenvalue weighted by Gasteiger charge is 2.25. The van der Waals surface area contributed by atoms with Crippen molar-refractivity contribution >= 4 is 5.91 Å². The van der Waals surface area contributed by atoms with Crippen LogP contribution in [0.25, 0.3) is 0 Å². The third-order valence-corrected chi connectivity index (χ3v) is 4.59. The quantitative estimate of drug-likeness (QED) is 0.920. The Hall–Kier alpha value is -2.17. The predicted octanol–water partition coefficient (Wildman–Crippen LogP) is 3.35. The minimum absolute atomic E-state index is 0.0341. The average Bonchev–Trinajstić information content (AvgIpc) is 3.17. The Labute approximate surface area is 135 Å². The normalized spacial score (nSPS) is 16.4. The molecule has 0 spiro atoms. The van der Waals surface area contributed by atoms with Crippen molar-refractivity contribution in [2.45, 2.75) is 38.1 Å². The second-order valence-corrected chi connectivity index (χ2v) is 6.27. The zero-order chi connectivity index (χ0) is 16.2. The summed E-state index contributed by atoms with van der Waals surface area (Å²) >= 11 is 0. The van der Waals surface area contributed by atoms with Crippen molar-refractivity contribution in [3.05, 3.63) is 53.9 Å². The van der Waals surface area contributed by atoms with Crippen molar-refractivity contribution in [2.75, 3.05) is 0 Å². The number of aryl methyl sites for hydroxylation is 1. The van der Waals surface area contributed by atoms with Gasteiger partial charge in [0, 0.05) is 31.4 Å². The lowest BCUT2D eigenvalue weighted by molar-refractivity contribution is -0.122.